The van der Waals surface area contributed by atoms with E-state index < -0.39 is 0 Å². The summed E-state index contributed by atoms with van der Waals surface area (Å²) in [5.74, 6) is 0.968. The van der Waals surface area contributed by atoms with Crippen molar-refractivity contribution in [2.45, 2.75) is 6.92 Å². The van der Waals surface area contributed by atoms with Crippen LogP contribution in [0.2, 0.25) is 0 Å². The zero-order valence-corrected chi connectivity index (χ0v) is 8.18. The molecule has 74 valence electrons. The van der Waals surface area contributed by atoms with Gasteiger partial charge in [0.2, 0.25) is 0 Å². The summed E-state index contributed by atoms with van der Waals surface area (Å²) in [7, 11) is 0. The van der Waals surface area contributed by atoms with Crippen LogP contribution in [0.3, 0.4) is 0 Å². The summed E-state index contributed by atoms with van der Waals surface area (Å²) in [6.07, 6.45) is 3.10. The molecule has 0 radical (unpaired) electrons. The van der Waals surface area contributed by atoms with E-state index in [4.69, 9.17) is 11.0 Å². The van der Waals surface area contributed by atoms with Gasteiger partial charge in [-0.15, -0.1) is 0 Å². The van der Waals surface area contributed by atoms with Gasteiger partial charge in [0, 0.05) is 6.20 Å². The number of nitrogen functional groups attached to an aromatic ring is 1. The summed E-state index contributed by atoms with van der Waals surface area (Å²) in [4.78, 5) is 4.17. The topological polar surface area (TPSA) is 80.5 Å². The summed E-state index contributed by atoms with van der Waals surface area (Å²) in [5.41, 5.74) is 7.07. The van der Waals surface area contributed by atoms with Crippen molar-refractivity contribution in [3.8, 4) is 11.9 Å². The number of nitriles is 1. The summed E-state index contributed by atoms with van der Waals surface area (Å²) in [6, 6.07) is 5.72. The van der Waals surface area contributed by atoms with Gasteiger partial charge < -0.3 is 5.73 Å². The van der Waals surface area contributed by atoms with Crippen molar-refractivity contribution in [2.24, 2.45) is 0 Å². The van der Waals surface area contributed by atoms with Crippen molar-refractivity contribution < 1.29 is 0 Å². The van der Waals surface area contributed by atoms with Gasteiger partial charge in [-0.2, -0.15) is 15.0 Å². The number of nitrogens with zero attached hydrogens (tertiary/aromatic N) is 4. The van der Waals surface area contributed by atoms with Crippen molar-refractivity contribution in [3.63, 3.8) is 0 Å². The Labute approximate surface area is 86.8 Å². The molecule has 0 spiro atoms. The number of hydrogen-bond donors (Lipinski definition) is 1. The van der Waals surface area contributed by atoms with Crippen molar-refractivity contribution in [1.82, 2.24) is 14.8 Å². The highest BCUT2D eigenvalue weighted by molar-refractivity contribution is 5.52. The average molecular weight is 199 g/mol. The Morgan fingerprint density at radius 1 is 1.53 bits per heavy atom. The van der Waals surface area contributed by atoms with E-state index in [0.29, 0.717) is 17.2 Å². The second kappa shape index (κ2) is 3.42. The normalized spacial score (nSPS) is 9.87. The molecule has 0 fully saturated rings. The number of aryl methyl sites for hydroxylation is 1. The molecule has 2 N–H and O–H groups in total. The van der Waals surface area contributed by atoms with Gasteiger partial charge in [-0.25, -0.2) is 4.98 Å². The summed E-state index contributed by atoms with van der Waals surface area (Å²) in [6.45, 7) is 1.91. The molecule has 0 unspecified atom stereocenters. The predicted octanol–water partition coefficient (Wildman–Crippen LogP) is 1.03. The molecule has 0 amide bonds. The SMILES string of the molecule is Cc1cccnc1-n1ncc(C#N)c1N. The van der Waals surface area contributed by atoms with Crippen molar-refractivity contribution in [1.29, 1.82) is 5.26 Å². The van der Waals surface area contributed by atoms with E-state index in [9.17, 15) is 0 Å². The third-order valence-corrected chi connectivity index (χ3v) is 2.11. The molecule has 15 heavy (non-hydrogen) atoms. The first kappa shape index (κ1) is 9.21. The maximum atomic E-state index is 8.74. The molecule has 5 nitrogen and oxygen atoms in total. The number of aromatic nitrogens is 3. The van der Waals surface area contributed by atoms with Crippen LogP contribution in [0.25, 0.3) is 5.82 Å². The van der Waals surface area contributed by atoms with E-state index in [-0.39, 0.29) is 0 Å². The standard InChI is InChI=1S/C10H9N5/c1-7-3-2-4-13-10(7)15-9(12)8(5-11)6-14-15/h2-4,6H,12H2,1H3. The Kier molecular flexibility index (Phi) is 2.10. The second-order valence-corrected chi connectivity index (χ2v) is 3.11. The number of pyridine rings is 1. The Balaban J connectivity index is 2.61. The van der Waals surface area contributed by atoms with Crippen molar-refractivity contribution in [3.05, 3.63) is 35.7 Å². The fourth-order valence-electron chi connectivity index (χ4n) is 1.31. The van der Waals surface area contributed by atoms with Gasteiger partial charge in [0.1, 0.15) is 17.5 Å². The number of nitrogens with two attached hydrogens (primary N) is 1. The molecule has 0 aliphatic carbocycles. The van der Waals surface area contributed by atoms with Crippen LogP contribution in [0, 0.1) is 18.3 Å². The van der Waals surface area contributed by atoms with Crippen LogP contribution in [-0.2, 0) is 0 Å². The first-order valence-electron chi connectivity index (χ1n) is 4.39. The third kappa shape index (κ3) is 1.42. The molecular formula is C10H9N5. The van der Waals surface area contributed by atoms with Crippen LogP contribution in [0.15, 0.2) is 24.5 Å². The maximum absolute atomic E-state index is 8.74. The van der Waals surface area contributed by atoms with E-state index in [1.165, 1.54) is 10.9 Å². The molecule has 2 heterocycles. The molecule has 5 heteroatoms. The third-order valence-electron chi connectivity index (χ3n) is 2.11. The molecule has 2 aromatic heterocycles. The molecule has 0 atom stereocenters. The molecule has 0 aliphatic rings. The molecule has 0 saturated heterocycles. The van der Waals surface area contributed by atoms with Crippen LogP contribution < -0.4 is 5.73 Å². The van der Waals surface area contributed by atoms with Gasteiger partial charge in [0.05, 0.1) is 6.20 Å². The molecule has 2 aromatic rings. The lowest BCUT2D eigenvalue weighted by atomic mass is 10.3. The first-order chi connectivity index (χ1) is 7.24. The van der Waals surface area contributed by atoms with Crippen molar-refractivity contribution >= 4 is 5.82 Å². The number of anilines is 1. The Morgan fingerprint density at radius 3 is 2.93 bits per heavy atom. The molecule has 0 saturated carbocycles. The molecule has 0 bridgehead atoms. The summed E-state index contributed by atoms with van der Waals surface area (Å²) < 4.78 is 1.47. The summed E-state index contributed by atoms with van der Waals surface area (Å²) in [5, 5.41) is 12.8. The zero-order chi connectivity index (χ0) is 10.8. The fourth-order valence-corrected chi connectivity index (χ4v) is 1.31. The quantitative estimate of drug-likeness (QED) is 0.743. The van der Waals surface area contributed by atoms with Crippen LogP contribution >= 0.6 is 0 Å². The highest BCUT2D eigenvalue weighted by atomic mass is 15.3. The number of hydrogen-bond acceptors (Lipinski definition) is 4. The average Bonchev–Trinajstić information content (AvgIpc) is 2.60. The lowest BCUT2D eigenvalue weighted by Crippen LogP contribution is -2.06. The fraction of sp³-hybridized carbons (Fsp3) is 0.100. The molecular weight excluding hydrogens is 190 g/mol. The minimum absolute atomic E-state index is 0.319. The monoisotopic (exact) mass is 199 g/mol. The van der Waals surface area contributed by atoms with Gasteiger partial charge >= 0.3 is 0 Å². The van der Waals surface area contributed by atoms with E-state index >= 15 is 0 Å². The van der Waals surface area contributed by atoms with E-state index in [2.05, 4.69) is 10.1 Å². The van der Waals surface area contributed by atoms with E-state index in [1.807, 2.05) is 25.1 Å². The largest absolute Gasteiger partial charge is 0.382 e. The van der Waals surface area contributed by atoms with Gasteiger partial charge in [-0.1, -0.05) is 6.07 Å². The Bertz CT molecular complexity index is 535. The lowest BCUT2D eigenvalue weighted by molar-refractivity contribution is 0.848. The minimum Gasteiger partial charge on any atom is -0.382 e. The van der Waals surface area contributed by atoms with E-state index in [0.717, 1.165) is 5.56 Å². The van der Waals surface area contributed by atoms with Crippen molar-refractivity contribution in [2.75, 3.05) is 5.73 Å². The number of rotatable bonds is 1. The Morgan fingerprint density at radius 2 is 2.33 bits per heavy atom. The highest BCUT2D eigenvalue weighted by Crippen LogP contribution is 2.16. The molecule has 2 rings (SSSR count). The lowest BCUT2D eigenvalue weighted by Gasteiger charge is -2.05. The molecule has 0 aliphatic heterocycles. The van der Waals surface area contributed by atoms with E-state index in [1.54, 1.807) is 6.20 Å². The van der Waals surface area contributed by atoms with Crippen LogP contribution in [-0.4, -0.2) is 14.8 Å². The highest BCUT2D eigenvalue weighted by Gasteiger charge is 2.10. The first-order valence-corrected chi connectivity index (χ1v) is 4.39. The van der Waals surface area contributed by atoms with Crippen LogP contribution in [0.1, 0.15) is 11.1 Å². The second-order valence-electron chi connectivity index (χ2n) is 3.11. The predicted molar refractivity (Wildman–Crippen MR) is 55.2 cm³/mol. The molecule has 0 aromatic carbocycles. The smallest absolute Gasteiger partial charge is 0.158 e. The van der Waals surface area contributed by atoms with Gasteiger partial charge in [-0.3, -0.25) is 0 Å². The van der Waals surface area contributed by atoms with Gasteiger partial charge in [0.25, 0.3) is 0 Å². The van der Waals surface area contributed by atoms with Crippen LogP contribution in [0.4, 0.5) is 5.82 Å². The summed E-state index contributed by atoms with van der Waals surface area (Å²) >= 11 is 0. The van der Waals surface area contributed by atoms with Gasteiger partial charge in [0.15, 0.2) is 5.82 Å². The minimum atomic E-state index is 0.319. The van der Waals surface area contributed by atoms with Crippen LogP contribution in [0.5, 0.6) is 0 Å². The zero-order valence-electron chi connectivity index (χ0n) is 8.18. The Hall–Kier alpha value is -2.35. The van der Waals surface area contributed by atoms with Gasteiger partial charge in [-0.05, 0) is 18.6 Å². The maximum Gasteiger partial charge on any atom is 0.158 e.